The zero-order valence-electron chi connectivity index (χ0n) is 12.3. The lowest BCUT2D eigenvalue weighted by Crippen LogP contribution is -2.37. The highest BCUT2D eigenvalue weighted by atomic mass is 16.5. The molecule has 112 valence electrons. The number of nitrogens with zero attached hydrogens (tertiary/aromatic N) is 1. The zero-order valence-corrected chi connectivity index (χ0v) is 12.3. The molecule has 5 heteroatoms. The molecular weight excluding hydrogens is 268 g/mol. The second-order valence-corrected chi connectivity index (χ2v) is 5.58. The molecule has 1 atom stereocenters. The Hall–Kier alpha value is -1.85. The molecule has 1 aliphatic heterocycles. The van der Waals surface area contributed by atoms with Gasteiger partial charge in [0.15, 0.2) is 0 Å². The molecule has 1 unspecified atom stereocenters. The summed E-state index contributed by atoms with van der Waals surface area (Å²) in [5.74, 6) is -0.0635. The Balaban J connectivity index is 1.99. The van der Waals surface area contributed by atoms with Crippen molar-refractivity contribution in [2.45, 2.75) is 20.0 Å². The highest BCUT2D eigenvalue weighted by Gasteiger charge is 2.24. The SMILES string of the molecule is Cc1[nH]c2c(C(=O)N3CCOCC(O)C3)cccc2c1C. The molecule has 0 aliphatic carbocycles. The van der Waals surface area contributed by atoms with Gasteiger partial charge in [-0.15, -0.1) is 0 Å². The number of ether oxygens (including phenoxy) is 1. The summed E-state index contributed by atoms with van der Waals surface area (Å²) in [6.45, 7) is 5.62. The van der Waals surface area contributed by atoms with E-state index < -0.39 is 6.10 Å². The number of rotatable bonds is 1. The van der Waals surface area contributed by atoms with Crippen LogP contribution >= 0.6 is 0 Å². The van der Waals surface area contributed by atoms with Crippen LogP contribution in [0.1, 0.15) is 21.6 Å². The van der Waals surface area contributed by atoms with Crippen LogP contribution in [-0.4, -0.2) is 53.3 Å². The van der Waals surface area contributed by atoms with E-state index in [9.17, 15) is 9.90 Å². The van der Waals surface area contributed by atoms with Crippen LogP contribution in [0.3, 0.4) is 0 Å². The Morgan fingerprint density at radius 3 is 3.05 bits per heavy atom. The van der Waals surface area contributed by atoms with Crippen molar-refractivity contribution in [2.75, 3.05) is 26.3 Å². The van der Waals surface area contributed by atoms with Crippen molar-refractivity contribution in [1.29, 1.82) is 0 Å². The summed E-state index contributed by atoms with van der Waals surface area (Å²) in [7, 11) is 0. The molecule has 2 heterocycles. The number of aromatic nitrogens is 1. The number of aliphatic hydroxyl groups excluding tert-OH is 1. The number of hydrogen-bond acceptors (Lipinski definition) is 3. The average Bonchev–Trinajstić information content (AvgIpc) is 2.65. The molecule has 1 saturated heterocycles. The van der Waals surface area contributed by atoms with Crippen LogP contribution in [0.2, 0.25) is 0 Å². The highest BCUT2D eigenvalue weighted by molar-refractivity contribution is 6.06. The molecule has 1 fully saturated rings. The van der Waals surface area contributed by atoms with Gasteiger partial charge in [-0.1, -0.05) is 12.1 Å². The highest BCUT2D eigenvalue weighted by Crippen LogP contribution is 2.25. The van der Waals surface area contributed by atoms with Crippen molar-refractivity contribution in [3.05, 3.63) is 35.0 Å². The number of carbonyl (C=O) groups is 1. The second kappa shape index (κ2) is 5.50. The number of β-amino-alcohol motifs (C(OH)–C–C–N with tert-alkyl or cyclic N) is 1. The smallest absolute Gasteiger partial charge is 0.256 e. The summed E-state index contributed by atoms with van der Waals surface area (Å²) in [6, 6.07) is 5.75. The monoisotopic (exact) mass is 288 g/mol. The van der Waals surface area contributed by atoms with Crippen molar-refractivity contribution in [2.24, 2.45) is 0 Å². The third-order valence-corrected chi connectivity index (χ3v) is 4.11. The molecule has 2 aromatic rings. The summed E-state index contributed by atoms with van der Waals surface area (Å²) in [5.41, 5.74) is 3.76. The minimum Gasteiger partial charge on any atom is -0.389 e. The number of para-hydroxylation sites is 1. The Morgan fingerprint density at radius 1 is 1.43 bits per heavy atom. The van der Waals surface area contributed by atoms with Crippen LogP contribution in [0.15, 0.2) is 18.2 Å². The van der Waals surface area contributed by atoms with Crippen molar-refractivity contribution < 1.29 is 14.6 Å². The number of carbonyl (C=O) groups excluding carboxylic acids is 1. The van der Waals surface area contributed by atoms with Gasteiger partial charge < -0.3 is 19.7 Å². The van der Waals surface area contributed by atoms with E-state index in [1.807, 2.05) is 32.0 Å². The minimum absolute atomic E-state index is 0.0635. The van der Waals surface area contributed by atoms with E-state index in [1.54, 1.807) is 4.90 Å². The maximum atomic E-state index is 12.8. The number of aromatic amines is 1. The third kappa shape index (κ3) is 2.54. The fourth-order valence-corrected chi connectivity index (χ4v) is 2.81. The first-order valence-corrected chi connectivity index (χ1v) is 7.21. The number of benzene rings is 1. The molecule has 3 rings (SSSR count). The first-order valence-electron chi connectivity index (χ1n) is 7.21. The Morgan fingerprint density at radius 2 is 2.24 bits per heavy atom. The molecule has 0 spiro atoms. The van der Waals surface area contributed by atoms with Gasteiger partial charge in [-0.05, 0) is 25.5 Å². The minimum atomic E-state index is -0.622. The summed E-state index contributed by atoms with van der Waals surface area (Å²) in [4.78, 5) is 17.7. The molecule has 1 aliphatic rings. The van der Waals surface area contributed by atoms with E-state index >= 15 is 0 Å². The van der Waals surface area contributed by atoms with E-state index in [1.165, 1.54) is 5.56 Å². The number of amides is 1. The quantitative estimate of drug-likeness (QED) is 0.838. The normalized spacial score (nSPS) is 19.8. The third-order valence-electron chi connectivity index (χ3n) is 4.11. The van der Waals surface area contributed by atoms with E-state index in [4.69, 9.17) is 4.74 Å². The summed E-state index contributed by atoms with van der Waals surface area (Å²) >= 11 is 0. The van der Waals surface area contributed by atoms with Crippen LogP contribution in [0, 0.1) is 13.8 Å². The van der Waals surface area contributed by atoms with Gasteiger partial charge in [-0.2, -0.15) is 0 Å². The molecule has 5 nitrogen and oxygen atoms in total. The largest absolute Gasteiger partial charge is 0.389 e. The zero-order chi connectivity index (χ0) is 15.0. The Kier molecular flexibility index (Phi) is 3.69. The van der Waals surface area contributed by atoms with E-state index in [0.717, 1.165) is 16.6 Å². The van der Waals surface area contributed by atoms with Crippen LogP contribution in [-0.2, 0) is 4.74 Å². The fourth-order valence-electron chi connectivity index (χ4n) is 2.81. The number of H-pyrrole nitrogens is 1. The van der Waals surface area contributed by atoms with Crippen molar-refractivity contribution >= 4 is 16.8 Å². The summed E-state index contributed by atoms with van der Waals surface area (Å²) in [5, 5.41) is 10.9. The first kappa shape index (κ1) is 14.1. The number of aliphatic hydroxyl groups is 1. The Labute approximate surface area is 123 Å². The molecule has 2 N–H and O–H groups in total. The van der Waals surface area contributed by atoms with Crippen molar-refractivity contribution in [3.63, 3.8) is 0 Å². The molecule has 1 aromatic carbocycles. The van der Waals surface area contributed by atoms with Gasteiger partial charge in [-0.3, -0.25) is 4.79 Å². The average molecular weight is 288 g/mol. The first-order chi connectivity index (χ1) is 10.1. The second-order valence-electron chi connectivity index (χ2n) is 5.58. The van der Waals surface area contributed by atoms with Crippen molar-refractivity contribution in [1.82, 2.24) is 9.88 Å². The summed E-state index contributed by atoms with van der Waals surface area (Å²) < 4.78 is 5.28. The van der Waals surface area contributed by atoms with Gasteiger partial charge >= 0.3 is 0 Å². The molecule has 0 bridgehead atoms. The van der Waals surface area contributed by atoms with Gasteiger partial charge in [0.1, 0.15) is 0 Å². The maximum Gasteiger partial charge on any atom is 0.256 e. The number of hydrogen-bond donors (Lipinski definition) is 2. The van der Waals surface area contributed by atoms with E-state index in [-0.39, 0.29) is 12.5 Å². The number of nitrogens with one attached hydrogen (secondary N) is 1. The molecule has 0 radical (unpaired) electrons. The molecule has 0 saturated carbocycles. The van der Waals surface area contributed by atoms with E-state index in [0.29, 0.717) is 25.3 Å². The van der Waals surface area contributed by atoms with Gasteiger partial charge in [0, 0.05) is 24.2 Å². The van der Waals surface area contributed by atoms with Gasteiger partial charge in [-0.25, -0.2) is 0 Å². The fraction of sp³-hybridized carbons (Fsp3) is 0.438. The van der Waals surface area contributed by atoms with Gasteiger partial charge in [0.2, 0.25) is 0 Å². The molecular formula is C16H20N2O3. The topological polar surface area (TPSA) is 65.6 Å². The lowest BCUT2D eigenvalue weighted by Gasteiger charge is -2.21. The number of aryl methyl sites for hydroxylation is 2. The van der Waals surface area contributed by atoms with Gasteiger partial charge in [0.25, 0.3) is 5.91 Å². The van der Waals surface area contributed by atoms with Crippen LogP contribution in [0.5, 0.6) is 0 Å². The summed E-state index contributed by atoms with van der Waals surface area (Å²) in [6.07, 6.45) is -0.622. The van der Waals surface area contributed by atoms with Crippen LogP contribution in [0.25, 0.3) is 10.9 Å². The van der Waals surface area contributed by atoms with Crippen molar-refractivity contribution in [3.8, 4) is 0 Å². The molecule has 21 heavy (non-hydrogen) atoms. The predicted octanol–water partition coefficient (Wildman–Crippen LogP) is 1.62. The van der Waals surface area contributed by atoms with Crippen LogP contribution < -0.4 is 0 Å². The molecule has 1 amide bonds. The van der Waals surface area contributed by atoms with E-state index in [2.05, 4.69) is 4.98 Å². The Bertz CT molecular complexity index is 677. The van der Waals surface area contributed by atoms with Gasteiger partial charge in [0.05, 0.1) is 30.4 Å². The number of fused-ring (bicyclic) bond motifs is 1. The lowest BCUT2D eigenvalue weighted by atomic mass is 10.1. The van der Waals surface area contributed by atoms with Crippen LogP contribution in [0.4, 0.5) is 0 Å². The molecule has 1 aromatic heterocycles. The maximum absolute atomic E-state index is 12.8. The lowest BCUT2D eigenvalue weighted by molar-refractivity contribution is 0.0534. The predicted molar refractivity (Wildman–Crippen MR) is 80.5 cm³/mol. The standard InChI is InChI=1S/C16H20N2O3/c1-10-11(2)17-15-13(10)4-3-5-14(15)16(20)18-6-7-21-9-12(19)8-18/h3-5,12,17,19H,6-9H2,1-2H3.